The summed E-state index contributed by atoms with van der Waals surface area (Å²) in [5.74, 6) is -1.74. The van der Waals surface area contributed by atoms with Crippen LogP contribution in [0, 0.1) is 5.92 Å². The lowest BCUT2D eigenvalue weighted by Crippen LogP contribution is -2.57. The van der Waals surface area contributed by atoms with Crippen molar-refractivity contribution in [3.63, 3.8) is 0 Å². The van der Waals surface area contributed by atoms with Gasteiger partial charge in [0.05, 0.1) is 0 Å². The maximum Gasteiger partial charge on any atom is 0.329 e. The molecule has 2 rings (SSSR count). The monoisotopic (exact) mass is 295 g/mol. The van der Waals surface area contributed by atoms with E-state index in [1.165, 1.54) is 0 Å². The molecule has 1 aromatic heterocycles. The van der Waals surface area contributed by atoms with Gasteiger partial charge in [-0.15, -0.1) is 0 Å². The number of carboxylic acids is 1. The zero-order valence-corrected chi connectivity index (χ0v) is 11.6. The summed E-state index contributed by atoms with van der Waals surface area (Å²) in [6, 6.07) is 0. The number of aromatic nitrogens is 2. The number of amides is 1. The van der Waals surface area contributed by atoms with Crippen molar-refractivity contribution in [2.45, 2.75) is 38.1 Å². The highest BCUT2D eigenvalue weighted by molar-refractivity contribution is 5.97. The molecule has 0 bridgehead atoms. The van der Waals surface area contributed by atoms with Crippen molar-refractivity contribution in [1.82, 2.24) is 15.3 Å². The van der Waals surface area contributed by atoms with Crippen molar-refractivity contribution >= 4 is 11.9 Å². The van der Waals surface area contributed by atoms with Gasteiger partial charge in [-0.25, -0.2) is 9.59 Å². The Morgan fingerprint density at radius 3 is 2.71 bits per heavy atom. The van der Waals surface area contributed by atoms with Gasteiger partial charge in [0.15, 0.2) is 0 Å². The second-order valence-electron chi connectivity index (χ2n) is 5.53. The van der Waals surface area contributed by atoms with Crippen molar-refractivity contribution in [3.8, 4) is 0 Å². The van der Waals surface area contributed by atoms with Gasteiger partial charge >= 0.3 is 11.7 Å². The van der Waals surface area contributed by atoms with E-state index in [1.807, 2.05) is 11.9 Å². The summed E-state index contributed by atoms with van der Waals surface area (Å²) < 4.78 is 0. The number of nitrogens with one attached hydrogen (secondary N) is 3. The van der Waals surface area contributed by atoms with Crippen LogP contribution in [0.4, 0.5) is 0 Å². The Kier molecular flexibility index (Phi) is 3.97. The first kappa shape index (κ1) is 15.0. The van der Waals surface area contributed by atoms with Crippen LogP contribution in [-0.2, 0) is 4.79 Å². The fourth-order valence-electron chi connectivity index (χ4n) is 2.78. The van der Waals surface area contributed by atoms with Gasteiger partial charge in [-0.2, -0.15) is 0 Å². The van der Waals surface area contributed by atoms with Crippen molar-refractivity contribution in [1.29, 1.82) is 0 Å². The van der Waals surface area contributed by atoms with Gasteiger partial charge in [-0.05, 0) is 18.8 Å². The smallest absolute Gasteiger partial charge is 0.329 e. The Morgan fingerprint density at radius 2 is 2.14 bits per heavy atom. The van der Waals surface area contributed by atoms with Crippen molar-refractivity contribution in [3.05, 3.63) is 32.6 Å². The van der Waals surface area contributed by atoms with E-state index >= 15 is 0 Å². The predicted molar refractivity (Wildman–Crippen MR) is 73.1 cm³/mol. The molecule has 0 aromatic carbocycles. The molecule has 21 heavy (non-hydrogen) atoms. The van der Waals surface area contributed by atoms with Crippen LogP contribution in [0.1, 0.15) is 43.0 Å². The SMILES string of the molecule is CC1CCCC(NC(=O)c2c[nH]c(=O)[nH]c2=O)(C(=O)O)C1. The third-order valence-corrected chi connectivity index (χ3v) is 3.82. The van der Waals surface area contributed by atoms with E-state index in [-0.39, 0.29) is 11.5 Å². The predicted octanol–water partition coefficient (Wildman–Crippen LogP) is -0.173. The molecule has 1 aromatic rings. The first-order valence-corrected chi connectivity index (χ1v) is 6.72. The molecule has 114 valence electrons. The first-order chi connectivity index (χ1) is 9.84. The Bertz CT molecular complexity index is 677. The Balaban J connectivity index is 2.29. The number of carbonyl (C=O) groups excluding carboxylic acids is 1. The minimum Gasteiger partial charge on any atom is -0.480 e. The van der Waals surface area contributed by atoms with Gasteiger partial charge in [0, 0.05) is 6.20 Å². The van der Waals surface area contributed by atoms with Crippen molar-refractivity contribution in [2.75, 3.05) is 0 Å². The number of carbonyl (C=O) groups is 2. The first-order valence-electron chi connectivity index (χ1n) is 6.72. The molecule has 4 N–H and O–H groups in total. The number of rotatable bonds is 3. The van der Waals surface area contributed by atoms with Gasteiger partial charge in [-0.1, -0.05) is 19.8 Å². The number of H-pyrrole nitrogens is 2. The van der Waals surface area contributed by atoms with E-state index < -0.39 is 28.7 Å². The molecule has 1 amide bonds. The summed E-state index contributed by atoms with van der Waals surface area (Å²) in [6.07, 6.45) is 3.22. The van der Waals surface area contributed by atoms with Gasteiger partial charge in [0.2, 0.25) is 0 Å². The molecule has 1 aliphatic carbocycles. The normalized spacial score (nSPS) is 25.3. The molecular formula is C13H17N3O5. The van der Waals surface area contributed by atoms with Gasteiger partial charge in [0.1, 0.15) is 11.1 Å². The molecule has 0 radical (unpaired) electrons. The lowest BCUT2D eigenvalue weighted by molar-refractivity contribution is -0.146. The average Bonchev–Trinajstić information content (AvgIpc) is 2.38. The van der Waals surface area contributed by atoms with E-state index in [2.05, 4.69) is 10.3 Å². The second kappa shape index (κ2) is 5.55. The van der Waals surface area contributed by atoms with Gasteiger partial charge in [0.25, 0.3) is 11.5 Å². The topological polar surface area (TPSA) is 132 Å². The fraction of sp³-hybridized carbons (Fsp3) is 0.538. The standard InChI is InChI=1S/C13H17N3O5/c1-7-3-2-4-13(5-7,11(19)20)16-10(18)8-6-14-12(21)15-9(8)17/h6-7H,2-5H2,1H3,(H,16,18)(H,19,20)(H2,14,15,17,21). The minimum atomic E-state index is -1.36. The van der Waals surface area contributed by atoms with E-state index in [9.17, 15) is 24.3 Å². The summed E-state index contributed by atoms with van der Waals surface area (Å²) >= 11 is 0. The Morgan fingerprint density at radius 1 is 1.43 bits per heavy atom. The highest BCUT2D eigenvalue weighted by Gasteiger charge is 2.43. The zero-order chi connectivity index (χ0) is 15.6. The second-order valence-corrected chi connectivity index (χ2v) is 5.53. The third kappa shape index (κ3) is 3.04. The molecule has 1 aliphatic rings. The number of aliphatic carboxylic acids is 1. The molecule has 2 unspecified atom stereocenters. The highest BCUT2D eigenvalue weighted by atomic mass is 16.4. The molecule has 8 nitrogen and oxygen atoms in total. The molecule has 1 fully saturated rings. The summed E-state index contributed by atoms with van der Waals surface area (Å²) in [5.41, 5.74) is -3.25. The van der Waals surface area contributed by atoms with Crippen LogP contribution in [0.15, 0.2) is 15.8 Å². The van der Waals surface area contributed by atoms with E-state index in [0.717, 1.165) is 12.6 Å². The lowest BCUT2D eigenvalue weighted by atomic mass is 9.76. The van der Waals surface area contributed by atoms with Crippen LogP contribution in [0.2, 0.25) is 0 Å². The van der Waals surface area contributed by atoms with Gasteiger partial charge in [-0.3, -0.25) is 14.6 Å². The number of carboxylic acid groups (broad SMARTS) is 1. The number of aromatic amines is 2. The highest BCUT2D eigenvalue weighted by Crippen LogP contribution is 2.32. The number of hydrogen-bond donors (Lipinski definition) is 4. The fourth-order valence-corrected chi connectivity index (χ4v) is 2.78. The zero-order valence-electron chi connectivity index (χ0n) is 11.6. The molecule has 8 heteroatoms. The molecule has 0 spiro atoms. The molecular weight excluding hydrogens is 278 g/mol. The molecule has 0 saturated heterocycles. The van der Waals surface area contributed by atoms with Crippen LogP contribution >= 0.6 is 0 Å². The maximum absolute atomic E-state index is 12.1. The van der Waals surface area contributed by atoms with Crippen LogP contribution in [0.5, 0.6) is 0 Å². The number of hydrogen-bond acceptors (Lipinski definition) is 4. The Hall–Kier alpha value is -2.38. The lowest BCUT2D eigenvalue weighted by Gasteiger charge is -2.36. The van der Waals surface area contributed by atoms with Crippen molar-refractivity contribution in [2.24, 2.45) is 5.92 Å². The summed E-state index contributed by atoms with van der Waals surface area (Å²) in [5, 5.41) is 11.9. The van der Waals surface area contributed by atoms with Crippen LogP contribution in [0.25, 0.3) is 0 Å². The largest absolute Gasteiger partial charge is 0.480 e. The molecule has 1 saturated carbocycles. The van der Waals surface area contributed by atoms with Crippen molar-refractivity contribution < 1.29 is 14.7 Å². The summed E-state index contributed by atoms with van der Waals surface area (Å²) in [6.45, 7) is 1.93. The molecule has 1 heterocycles. The summed E-state index contributed by atoms with van der Waals surface area (Å²) in [7, 11) is 0. The van der Waals surface area contributed by atoms with Crippen LogP contribution < -0.4 is 16.6 Å². The minimum absolute atomic E-state index is 0.170. The summed E-state index contributed by atoms with van der Waals surface area (Å²) in [4.78, 5) is 50.3. The van der Waals surface area contributed by atoms with E-state index in [0.29, 0.717) is 19.3 Å². The van der Waals surface area contributed by atoms with Crippen LogP contribution in [0.3, 0.4) is 0 Å². The maximum atomic E-state index is 12.1. The molecule has 2 atom stereocenters. The Labute approximate surface area is 119 Å². The van der Waals surface area contributed by atoms with E-state index in [4.69, 9.17) is 0 Å². The average molecular weight is 295 g/mol. The third-order valence-electron chi connectivity index (χ3n) is 3.82. The van der Waals surface area contributed by atoms with Gasteiger partial charge < -0.3 is 15.4 Å². The molecule has 0 aliphatic heterocycles. The van der Waals surface area contributed by atoms with E-state index in [1.54, 1.807) is 0 Å². The quantitative estimate of drug-likeness (QED) is 0.614. The van der Waals surface area contributed by atoms with Crippen LogP contribution in [-0.4, -0.2) is 32.5 Å².